The number of nitrogens with one attached hydrogen (secondary N) is 1. The summed E-state index contributed by atoms with van der Waals surface area (Å²) in [6.45, 7) is 0. The zero-order chi connectivity index (χ0) is 18.5. The molecule has 0 radical (unpaired) electrons. The van der Waals surface area contributed by atoms with Crippen molar-refractivity contribution >= 4 is 11.8 Å². The first kappa shape index (κ1) is 18.1. The largest absolute Gasteiger partial charge is 0.301 e. The molecule has 2 aromatic carbocycles. The normalized spacial score (nSPS) is 15.1. The lowest BCUT2D eigenvalue weighted by molar-refractivity contribution is 0.515. The SMILES string of the molecule is O=c1cc(C(c2ccccc2)c2ccccc2)nc(SC2CCCCC2)[nH]1. The van der Waals surface area contributed by atoms with Crippen LogP contribution < -0.4 is 5.56 Å². The Bertz CT molecular complexity index is 878. The fourth-order valence-corrected chi connectivity index (χ4v) is 5.03. The van der Waals surface area contributed by atoms with Gasteiger partial charge in [-0.15, -0.1) is 0 Å². The molecule has 0 spiro atoms. The first-order chi connectivity index (χ1) is 13.3. The van der Waals surface area contributed by atoms with E-state index in [1.54, 1.807) is 17.8 Å². The van der Waals surface area contributed by atoms with Crippen molar-refractivity contribution in [2.45, 2.75) is 48.4 Å². The number of H-pyrrole nitrogens is 1. The van der Waals surface area contributed by atoms with E-state index in [0.717, 1.165) is 22.0 Å². The summed E-state index contributed by atoms with van der Waals surface area (Å²) in [4.78, 5) is 20.2. The highest BCUT2D eigenvalue weighted by atomic mass is 32.2. The van der Waals surface area contributed by atoms with Crippen LogP contribution in [0.3, 0.4) is 0 Å². The van der Waals surface area contributed by atoms with Gasteiger partial charge in [0, 0.05) is 11.3 Å². The van der Waals surface area contributed by atoms with Crippen LogP contribution in [0.2, 0.25) is 0 Å². The van der Waals surface area contributed by atoms with Crippen LogP contribution in [-0.2, 0) is 0 Å². The van der Waals surface area contributed by atoms with E-state index >= 15 is 0 Å². The lowest BCUT2D eigenvalue weighted by Gasteiger charge is -2.21. The quantitative estimate of drug-likeness (QED) is 0.609. The van der Waals surface area contributed by atoms with Gasteiger partial charge in [0.05, 0.1) is 11.6 Å². The third-order valence-electron chi connectivity index (χ3n) is 5.13. The minimum absolute atomic E-state index is 0.0413. The smallest absolute Gasteiger partial charge is 0.251 e. The van der Waals surface area contributed by atoms with Gasteiger partial charge in [-0.25, -0.2) is 4.98 Å². The van der Waals surface area contributed by atoms with Crippen LogP contribution in [0, 0.1) is 0 Å². The molecule has 0 unspecified atom stereocenters. The fourth-order valence-electron chi connectivity index (χ4n) is 3.82. The van der Waals surface area contributed by atoms with Crippen molar-refractivity contribution in [2.75, 3.05) is 0 Å². The maximum Gasteiger partial charge on any atom is 0.251 e. The van der Waals surface area contributed by atoms with E-state index in [1.165, 1.54) is 32.1 Å². The topological polar surface area (TPSA) is 45.8 Å². The Kier molecular flexibility index (Phi) is 5.73. The summed E-state index contributed by atoms with van der Waals surface area (Å²) in [5.41, 5.74) is 3.04. The van der Waals surface area contributed by atoms with Gasteiger partial charge in [0.25, 0.3) is 5.56 Å². The second-order valence-corrected chi connectivity index (χ2v) is 8.40. The molecule has 3 aromatic rings. The summed E-state index contributed by atoms with van der Waals surface area (Å²) < 4.78 is 0. The average molecular weight is 377 g/mol. The van der Waals surface area contributed by atoms with Crippen LogP contribution >= 0.6 is 11.8 Å². The number of rotatable bonds is 5. The second kappa shape index (κ2) is 8.57. The van der Waals surface area contributed by atoms with Gasteiger partial charge in [0.15, 0.2) is 5.16 Å². The molecule has 3 nitrogen and oxygen atoms in total. The maximum absolute atomic E-state index is 12.4. The molecule has 27 heavy (non-hydrogen) atoms. The molecule has 0 saturated heterocycles. The summed E-state index contributed by atoms with van der Waals surface area (Å²) >= 11 is 1.73. The average Bonchev–Trinajstić information content (AvgIpc) is 2.70. The van der Waals surface area contributed by atoms with Crippen molar-refractivity contribution in [3.05, 3.63) is 93.9 Å². The van der Waals surface area contributed by atoms with Crippen molar-refractivity contribution in [3.63, 3.8) is 0 Å². The predicted molar refractivity (Wildman–Crippen MR) is 111 cm³/mol. The van der Waals surface area contributed by atoms with Gasteiger partial charge in [-0.3, -0.25) is 4.79 Å². The Hall–Kier alpha value is -2.33. The number of aromatic nitrogens is 2. The van der Waals surface area contributed by atoms with Crippen molar-refractivity contribution in [2.24, 2.45) is 0 Å². The molecule has 4 rings (SSSR count). The minimum atomic E-state index is -0.0739. The highest BCUT2D eigenvalue weighted by molar-refractivity contribution is 7.99. The molecule has 4 heteroatoms. The number of aromatic amines is 1. The van der Waals surface area contributed by atoms with Gasteiger partial charge in [0.1, 0.15) is 0 Å². The van der Waals surface area contributed by atoms with E-state index in [4.69, 9.17) is 4.98 Å². The predicted octanol–water partition coefficient (Wildman–Crippen LogP) is 5.37. The van der Waals surface area contributed by atoms with Gasteiger partial charge in [-0.2, -0.15) is 0 Å². The molecular weight excluding hydrogens is 352 g/mol. The van der Waals surface area contributed by atoms with Crippen LogP contribution in [0.4, 0.5) is 0 Å². The van der Waals surface area contributed by atoms with Gasteiger partial charge in [-0.1, -0.05) is 91.7 Å². The van der Waals surface area contributed by atoms with E-state index in [-0.39, 0.29) is 11.5 Å². The lowest BCUT2D eigenvalue weighted by Crippen LogP contribution is -2.16. The molecule has 1 heterocycles. The Balaban J connectivity index is 1.72. The molecule has 1 fully saturated rings. The fraction of sp³-hybridized carbons (Fsp3) is 0.304. The van der Waals surface area contributed by atoms with E-state index in [9.17, 15) is 4.79 Å². The molecule has 1 aromatic heterocycles. The zero-order valence-corrected chi connectivity index (χ0v) is 16.1. The summed E-state index contributed by atoms with van der Waals surface area (Å²) in [7, 11) is 0. The molecule has 1 saturated carbocycles. The third-order valence-corrected chi connectivity index (χ3v) is 6.35. The van der Waals surface area contributed by atoms with Crippen LogP contribution in [0.1, 0.15) is 54.8 Å². The molecule has 0 bridgehead atoms. The van der Waals surface area contributed by atoms with E-state index in [2.05, 4.69) is 29.2 Å². The van der Waals surface area contributed by atoms with E-state index in [1.807, 2.05) is 36.4 Å². The zero-order valence-electron chi connectivity index (χ0n) is 15.3. The first-order valence-corrected chi connectivity index (χ1v) is 10.6. The highest BCUT2D eigenvalue weighted by Crippen LogP contribution is 2.34. The molecule has 1 aliphatic rings. The Morgan fingerprint density at radius 1 is 0.889 bits per heavy atom. The number of thioether (sulfide) groups is 1. The van der Waals surface area contributed by atoms with Crippen LogP contribution in [0.15, 0.2) is 76.7 Å². The van der Waals surface area contributed by atoms with Gasteiger partial charge in [0.2, 0.25) is 0 Å². The number of hydrogen-bond acceptors (Lipinski definition) is 3. The van der Waals surface area contributed by atoms with Gasteiger partial charge >= 0.3 is 0 Å². The standard InChI is InChI=1S/C23H24N2OS/c26-21-16-20(24-23(25-21)27-19-14-8-3-9-15-19)22(17-10-4-1-5-11-17)18-12-6-2-7-13-18/h1-2,4-7,10-13,16,19,22H,3,8-9,14-15H2,(H,24,25,26). The third kappa shape index (κ3) is 4.51. The monoisotopic (exact) mass is 376 g/mol. The van der Waals surface area contributed by atoms with Crippen LogP contribution in [0.5, 0.6) is 0 Å². The second-order valence-electron chi connectivity index (χ2n) is 7.11. The van der Waals surface area contributed by atoms with E-state index < -0.39 is 0 Å². The van der Waals surface area contributed by atoms with E-state index in [0.29, 0.717) is 5.25 Å². The molecule has 0 amide bonds. The number of nitrogens with zero attached hydrogens (tertiary/aromatic N) is 1. The molecule has 1 N–H and O–H groups in total. The molecule has 1 aliphatic carbocycles. The highest BCUT2D eigenvalue weighted by Gasteiger charge is 2.21. The Morgan fingerprint density at radius 3 is 2.07 bits per heavy atom. The number of hydrogen-bond donors (Lipinski definition) is 1. The summed E-state index contributed by atoms with van der Waals surface area (Å²) in [5.74, 6) is -0.0413. The summed E-state index contributed by atoms with van der Waals surface area (Å²) in [5, 5.41) is 1.31. The molecule has 138 valence electrons. The lowest BCUT2D eigenvalue weighted by atomic mass is 9.88. The van der Waals surface area contributed by atoms with Crippen molar-refractivity contribution in [1.29, 1.82) is 0 Å². The van der Waals surface area contributed by atoms with Gasteiger partial charge in [-0.05, 0) is 24.0 Å². The summed E-state index contributed by atoms with van der Waals surface area (Å²) in [6, 6.07) is 22.3. The minimum Gasteiger partial charge on any atom is -0.301 e. The maximum atomic E-state index is 12.4. The van der Waals surface area contributed by atoms with Crippen molar-refractivity contribution in [1.82, 2.24) is 9.97 Å². The van der Waals surface area contributed by atoms with Gasteiger partial charge < -0.3 is 4.98 Å². The summed E-state index contributed by atoms with van der Waals surface area (Å²) in [6.07, 6.45) is 6.29. The molecule has 0 aliphatic heterocycles. The molecule has 0 atom stereocenters. The first-order valence-electron chi connectivity index (χ1n) is 9.67. The van der Waals surface area contributed by atoms with Crippen LogP contribution in [0.25, 0.3) is 0 Å². The van der Waals surface area contributed by atoms with Crippen LogP contribution in [-0.4, -0.2) is 15.2 Å². The Labute approximate surface area is 164 Å². The molecular formula is C23H24N2OS. The number of benzene rings is 2. The van der Waals surface area contributed by atoms with Crippen molar-refractivity contribution in [3.8, 4) is 0 Å². The van der Waals surface area contributed by atoms with Crippen molar-refractivity contribution < 1.29 is 0 Å². The Morgan fingerprint density at radius 2 is 1.48 bits per heavy atom.